The van der Waals surface area contributed by atoms with Crippen LogP contribution in [0.5, 0.6) is 0 Å². The molecule has 0 aromatic heterocycles. The van der Waals surface area contributed by atoms with Crippen molar-refractivity contribution < 1.29 is 29.5 Å². The lowest BCUT2D eigenvalue weighted by Crippen LogP contribution is -2.66. The first kappa shape index (κ1) is 28.9. The van der Waals surface area contributed by atoms with Crippen LogP contribution in [-0.4, -0.2) is 52.3 Å². The van der Waals surface area contributed by atoms with E-state index in [9.17, 15) is 24.3 Å². The van der Waals surface area contributed by atoms with Crippen molar-refractivity contribution in [1.29, 1.82) is 0 Å². The lowest BCUT2D eigenvalue weighted by molar-refractivity contribution is -0.133. The molecule has 0 saturated carbocycles. The minimum Gasteiger partial charge on any atom is -0.465 e. The molecule has 2 aromatic carbocycles. The zero-order valence-electron chi connectivity index (χ0n) is 21.2. The van der Waals surface area contributed by atoms with Gasteiger partial charge in [0.1, 0.15) is 11.6 Å². The molecule has 0 saturated heterocycles. The largest absolute Gasteiger partial charge is 0.465 e. The molecule has 0 heterocycles. The molecule has 1 atom stereocenters. The van der Waals surface area contributed by atoms with Crippen LogP contribution in [0.15, 0.2) is 54.6 Å². The lowest BCUT2D eigenvalue weighted by atomic mass is 9.76. The van der Waals surface area contributed by atoms with E-state index < -0.39 is 47.2 Å². The van der Waals surface area contributed by atoms with E-state index in [1.807, 2.05) is 30.3 Å². The second kappa shape index (κ2) is 13.1. The Morgan fingerprint density at radius 2 is 1.41 bits per heavy atom. The molecule has 0 unspecified atom stereocenters. The minimum atomic E-state index is -1.48. The standard InChI is InChI=1S/C27H32N4O6/c1-17(2)27(18(3)4,30-26(35)36)25(34)28-16-22(24(33)31-37)29-23(32)21-14-12-20(13-15-21)11-10-19-8-6-5-7-9-19/h5-9,12-15,17-18,22,30,37H,16H2,1-4H3,(H,28,34)(H,29,32)(H,31,33)(H,35,36)/t22-/m0/s1. The van der Waals surface area contributed by atoms with E-state index in [1.54, 1.807) is 39.8 Å². The third-order valence-corrected chi connectivity index (χ3v) is 5.98. The fourth-order valence-electron chi connectivity index (χ4n) is 3.95. The van der Waals surface area contributed by atoms with Gasteiger partial charge < -0.3 is 21.1 Å². The number of amides is 4. The SMILES string of the molecule is CC(C)C(NC(=O)O)(C(=O)NC[C@H](NC(=O)c1ccc(C#Cc2ccccc2)cc1)C(=O)NO)C(C)C. The maximum absolute atomic E-state index is 13.1. The predicted octanol–water partition coefficient (Wildman–Crippen LogP) is 2.12. The maximum atomic E-state index is 13.1. The van der Waals surface area contributed by atoms with Crippen molar-refractivity contribution in [2.75, 3.05) is 6.54 Å². The van der Waals surface area contributed by atoms with Crippen LogP contribution < -0.4 is 21.4 Å². The van der Waals surface area contributed by atoms with Crippen LogP contribution in [0.25, 0.3) is 0 Å². The van der Waals surface area contributed by atoms with Crippen LogP contribution in [0.3, 0.4) is 0 Å². The van der Waals surface area contributed by atoms with Gasteiger partial charge in [-0.3, -0.25) is 19.6 Å². The molecule has 0 bridgehead atoms. The average molecular weight is 509 g/mol. The van der Waals surface area contributed by atoms with Crippen LogP contribution in [0.4, 0.5) is 4.79 Å². The van der Waals surface area contributed by atoms with Gasteiger partial charge in [-0.25, -0.2) is 10.3 Å². The molecule has 10 nitrogen and oxygen atoms in total. The monoisotopic (exact) mass is 508 g/mol. The zero-order valence-corrected chi connectivity index (χ0v) is 21.2. The highest BCUT2D eigenvalue weighted by Crippen LogP contribution is 2.27. The first-order valence-electron chi connectivity index (χ1n) is 11.7. The Labute approximate surface area is 215 Å². The Hall–Kier alpha value is -4.36. The second-order valence-electron chi connectivity index (χ2n) is 9.01. The Morgan fingerprint density at radius 1 is 0.865 bits per heavy atom. The minimum absolute atomic E-state index is 0.235. The number of hydroxylamine groups is 1. The summed E-state index contributed by atoms with van der Waals surface area (Å²) in [6.45, 7) is 6.40. The molecule has 196 valence electrons. The van der Waals surface area contributed by atoms with Gasteiger partial charge in [0, 0.05) is 23.2 Å². The fourth-order valence-corrected chi connectivity index (χ4v) is 3.95. The summed E-state index contributed by atoms with van der Waals surface area (Å²) in [6.07, 6.45) is -1.37. The van der Waals surface area contributed by atoms with Crippen LogP contribution in [0.2, 0.25) is 0 Å². The third kappa shape index (κ3) is 7.56. The van der Waals surface area contributed by atoms with Gasteiger partial charge in [-0.2, -0.15) is 0 Å². The Balaban J connectivity index is 2.13. The number of carboxylic acid groups (broad SMARTS) is 1. The Bertz CT molecular complexity index is 1160. The van der Waals surface area contributed by atoms with Crippen LogP contribution in [0.1, 0.15) is 49.2 Å². The van der Waals surface area contributed by atoms with E-state index in [1.165, 1.54) is 17.6 Å². The van der Waals surface area contributed by atoms with E-state index in [4.69, 9.17) is 5.21 Å². The Kier molecular flexibility index (Phi) is 10.2. The van der Waals surface area contributed by atoms with E-state index in [0.717, 1.165) is 5.56 Å². The van der Waals surface area contributed by atoms with Crippen molar-refractivity contribution >= 4 is 23.8 Å². The number of rotatable bonds is 9. The van der Waals surface area contributed by atoms with Crippen molar-refractivity contribution in [1.82, 2.24) is 21.4 Å². The predicted molar refractivity (Wildman–Crippen MR) is 137 cm³/mol. The number of benzene rings is 2. The van der Waals surface area contributed by atoms with Crippen molar-refractivity contribution in [3.63, 3.8) is 0 Å². The first-order valence-corrected chi connectivity index (χ1v) is 11.7. The summed E-state index contributed by atoms with van der Waals surface area (Å²) in [5, 5.41) is 25.7. The molecule has 0 fully saturated rings. The lowest BCUT2D eigenvalue weighted by Gasteiger charge is -2.39. The molecule has 4 amide bonds. The zero-order chi connectivity index (χ0) is 27.6. The normalized spacial score (nSPS) is 11.6. The molecule has 6 N–H and O–H groups in total. The number of nitrogens with one attached hydrogen (secondary N) is 4. The van der Waals surface area contributed by atoms with Crippen molar-refractivity contribution in [3.05, 3.63) is 71.3 Å². The topological polar surface area (TPSA) is 157 Å². The van der Waals surface area contributed by atoms with Crippen LogP contribution in [-0.2, 0) is 9.59 Å². The third-order valence-electron chi connectivity index (χ3n) is 5.98. The molecule has 0 radical (unpaired) electrons. The molecule has 0 aliphatic rings. The van der Waals surface area contributed by atoms with Gasteiger partial charge in [0.15, 0.2) is 0 Å². The smallest absolute Gasteiger partial charge is 0.405 e. The number of carbonyl (C=O) groups is 4. The summed E-state index contributed by atoms with van der Waals surface area (Å²) in [6, 6.07) is 14.5. The summed E-state index contributed by atoms with van der Waals surface area (Å²) in [7, 11) is 0. The molecule has 10 heteroatoms. The van der Waals surface area contributed by atoms with Gasteiger partial charge in [-0.15, -0.1) is 0 Å². The fraction of sp³-hybridized carbons (Fsp3) is 0.333. The van der Waals surface area contributed by atoms with Crippen molar-refractivity contribution in [2.24, 2.45) is 11.8 Å². The van der Waals surface area contributed by atoms with Crippen molar-refractivity contribution in [2.45, 2.75) is 39.3 Å². The van der Waals surface area contributed by atoms with Crippen molar-refractivity contribution in [3.8, 4) is 11.8 Å². The highest BCUT2D eigenvalue weighted by molar-refractivity contribution is 5.98. The van der Waals surface area contributed by atoms with Gasteiger partial charge in [0.25, 0.3) is 11.8 Å². The number of hydrogen-bond acceptors (Lipinski definition) is 5. The summed E-state index contributed by atoms with van der Waals surface area (Å²) >= 11 is 0. The van der Waals surface area contributed by atoms with Gasteiger partial charge >= 0.3 is 6.09 Å². The molecule has 0 aliphatic carbocycles. The van der Waals surface area contributed by atoms with E-state index >= 15 is 0 Å². The highest BCUT2D eigenvalue weighted by atomic mass is 16.5. The van der Waals surface area contributed by atoms with Gasteiger partial charge in [0.2, 0.25) is 5.91 Å². The molecular weight excluding hydrogens is 476 g/mol. The molecular formula is C27H32N4O6. The van der Waals surface area contributed by atoms with Gasteiger partial charge in [-0.1, -0.05) is 57.7 Å². The molecule has 2 aromatic rings. The second-order valence-corrected chi connectivity index (χ2v) is 9.01. The van der Waals surface area contributed by atoms with Gasteiger partial charge in [0.05, 0.1) is 0 Å². The summed E-state index contributed by atoms with van der Waals surface area (Å²) < 4.78 is 0. The summed E-state index contributed by atoms with van der Waals surface area (Å²) in [4.78, 5) is 49.5. The summed E-state index contributed by atoms with van der Waals surface area (Å²) in [5.41, 5.74) is 1.76. The van der Waals surface area contributed by atoms with E-state index in [0.29, 0.717) is 5.56 Å². The van der Waals surface area contributed by atoms with E-state index in [2.05, 4.69) is 27.8 Å². The number of carbonyl (C=O) groups excluding carboxylic acids is 3. The van der Waals surface area contributed by atoms with E-state index in [-0.39, 0.29) is 12.1 Å². The highest BCUT2D eigenvalue weighted by Gasteiger charge is 2.46. The average Bonchev–Trinajstić information content (AvgIpc) is 2.87. The Morgan fingerprint density at radius 3 is 1.89 bits per heavy atom. The first-order chi connectivity index (χ1) is 17.5. The van der Waals surface area contributed by atoms with Gasteiger partial charge in [-0.05, 0) is 48.2 Å². The molecule has 0 spiro atoms. The number of hydrogen-bond donors (Lipinski definition) is 6. The molecule has 37 heavy (non-hydrogen) atoms. The van der Waals surface area contributed by atoms with Crippen LogP contribution in [0, 0.1) is 23.7 Å². The summed E-state index contributed by atoms with van der Waals surface area (Å²) in [5.74, 6) is 2.94. The quantitative estimate of drug-likeness (QED) is 0.173. The molecule has 0 aliphatic heterocycles. The maximum Gasteiger partial charge on any atom is 0.405 e. The van der Waals surface area contributed by atoms with Crippen LogP contribution >= 0.6 is 0 Å². The molecule has 2 rings (SSSR count).